The van der Waals surface area contributed by atoms with Gasteiger partial charge in [0, 0.05) is 17.9 Å². The molecule has 0 bridgehead atoms. The number of rotatable bonds is 9. The highest BCUT2D eigenvalue weighted by Crippen LogP contribution is 2.30. The SMILES string of the molecule is COc1ccc(-n2c(SCc3cccc(C(=O)NCC(C)C)c3)nnc2-c2ccco2)cc1. The van der Waals surface area contributed by atoms with E-state index in [0.29, 0.717) is 35.4 Å². The van der Waals surface area contributed by atoms with Crippen molar-refractivity contribution in [2.45, 2.75) is 24.8 Å². The molecule has 7 nitrogen and oxygen atoms in total. The quantitative estimate of drug-likeness (QED) is 0.344. The lowest BCUT2D eigenvalue weighted by Gasteiger charge is -2.11. The Labute approximate surface area is 197 Å². The Hall–Kier alpha value is -3.52. The van der Waals surface area contributed by atoms with Crippen molar-refractivity contribution in [3.05, 3.63) is 78.1 Å². The van der Waals surface area contributed by atoms with Gasteiger partial charge >= 0.3 is 0 Å². The first-order valence-corrected chi connectivity index (χ1v) is 11.7. The largest absolute Gasteiger partial charge is 0.497 e. The van der Waals surface area contributed by atoms with Crippen LogP contribution >= 0.6 is 11.8 Å². The fraction of sp³-hybridized carbons (Fsp3) is 0.240. The summed E-state index contributed by atoms with van der Waals surface area (Å²) >= 11 is 1.55. The number of thioether (sulfide) groups is 1. The van der Waals surface area contributed by atoms with E-state index in [4.69, 9.17) is 9.15 Å². The molecule has 0 spiro atoms. The Morgan fingerprint density at radius 2 is 1.94 bits per heavy atom. The van der Waals surface area contributed by atoms with Gasteiger partial charge in [0.15, 0.2) is 10.9 Å². The van der Waals surface area contributed by atoms with Crippen molar-refractivity contribution in [3.8, 4) is 23.0 Å². The number of carbonyl (C=O) groups excluding carboxylic acids is 1. The van der Waals surface area contributed by atoms with Crippen LogP contribution in [-0.4, -0.2) is 34.3 Å². The number of ether oxygens (including phenoxy) is 1. The van der Waals surface area contributed by atoms with Crippen LogP contribution < -0.4 is 10.1 Å². The minimum atomic E-state index is -0.0583. The molecule has 8 heteroatoms. The predicted octanol–water partition coefficient (Wildman–Crippen LogP) is 5.21. The number of furan rings is 1. The first-order chi connectivity index (χ1) is 16.0. The zero-order chi connectivity index (χ0) is 23.2. The van der Waals surface area contributed by atoms with Crippen molar-refractivity contribution in [2.24, 2.45) is 5.92 Å². The second kappa shape index (κ2) is 10.4. The standard InChI is InChI=1S/C25H26N4O3S/c1-17(2)15-26-24(30)19-7-4-6-18(14-19)16-33-25-28-27-23(22-8-5-13-32-22)29(25)20-9-11-21(31-3)12-10-20/h4-14,17H,15-16H2,1-3H3,(H,26,30). The summed E-state index contributed by atoms with van der Waals surface area (Å²) in [6.45, 7) is 4.80. The molecule has 0 atom stereocenters. The summed E-state index contributed by atoms with van der Waals surface area (Å²) in [4.78, 5) is 12.4. The molecule has 170 valence electrons. The van der Waals surface area contributed by atoms with Crippen LogP contribution in [0.5, 0.6) is 5.75 Å². The summed E-state index contributed by atoms with van der Waals surface area (Å²) in [5.74, 6) is 3.01. The third kappa shape index (κ3) is 5.46. The summed E-state index contributed by atoms with van der Waals surface area (Å²) in [5.41, 5.74) is 2.58. The van der Waals surface area contributed by atoms with E-state index in [1.807, 2.05) is 65.2 Å². The summed E-state index contributed by atoms with van der Waals surface area (Å²) < 4.78 is 12.8. The number of hydrogen-bond donors (Lipinski definition) is 1. The number of aromatic nitrogens is 3. The van der Waals surface area contributed by atoms with Crippen LogP contribution in [0.2, 0.25) is 0 Å². The molecule has 0 aliphatic rings. The summed E-state index contributed by atoms with van der Waals surface area (Å²) in [6.07, 6.45) is 1.62. The van der Waals surface area contributed by atoms with Crippen LogP contribution in [-0.2, 0) is 5.75 Å². The van der Waals surface area contributed by atoms with Gasteiger partial charge in [0.25, 0.3) is 5.91 Å². The average Bonchev–Trinajstić information content (AvgIpc) is 3.51. The van der Waals surface area contributed by atoms with Crippen LogP contribution in [0.1, 0.15) is 29.8 Å². The lowest BCUT2D eigenvalue weighted by atomic mass is 10.1. The van der Waals surface area contributed by atoms with Crippen molar-refractivity contribution >= 4 is 17.7 Å². The number of nitrogens with zero attached hydrogens (tertiary/aromatic N) is 3. The van der Waals surface area contributed by atoms with Gasteiger partial charge in [-0.1, -0.05) is 37.7 Å². The summed E-state index contributed by atoms with van der Waals surface area (Å²) in [5, 5.41) is 12.5. The van der Waals surface area contributed by atoms with E-state index in [1.54, 1.807) is 25.1 Å². The molecule has 0 aliphatic heterocycles. The van der Waals surface area contributed by atoms with Gasteiger partial charge in [-0.25, -0.2) is 0 Å². The summed E-state index contributed by atoms with van der Waals surface area (Å²) in [6, 6.07) is 19.1. The molecule has 1 amide bonds. The van der Waals surface area contributed by atoms with Gasteiger partial charge in [-0.2, -0.15) is 0 Å². The number of hydrogen-bond acceptors (Lipinski definition) is 6. The maximum atomic E-state index is 12.4. The van der Waals surface area contributed by atoms with Gasteiger partial charge < -0.3 is 14.5 Å². The average molecular weight is 463 g/mol. The molecule has 4 rings (SSSR count). The molecule has 0 fully saturated rings. The van der Waals surface area contributed by atoms with E-state index in [2.05, 4.69) is 29.4 Å². The zero-order valence-electron chi connectivity index (χ0n) is 18.8. The van der Waals surface area contributed by atoms with Gasteiger partial charge in [0.2, 0.25) is 5.82 Å². The molecule has 0 unspecified atom stereocenters. The van der Waals surface area contributed by atoms with Crippen molar-refractivity contribution in [3.63, 3.8) is 0 Å². The molecule has 0 aliphatic carbocycles. The van der Waals surface area contributed by atoms with Gasteiger partial charge in [-0.05, 0) is 60.0 Å². The maximum Gasteiger partial charge on any atom is 0.251 e. The fourth-order valence-electron chi connectivity index (χ4n) is 3.24. The third-order valence-corrected chi connectivity index (χ3v) is 5.93. The Morgan fingerprint density at radius 3 is 2.64 bits per heavy atom. The number of amides is 1. The zero-order valence-corrected chi connectivity index (χ0v) is 19.6. The number of methoxy groups -OCH3 is 1. The second-order valence-corrected chi connectivity index (χ2v) is 8.85. The number of nitrogens with one attached hydrogen (secondary N) is 1. The van der Waals surface area contributed by atoms with E-state index in [1.165, 1.54) is 0 Å². The van der Waals surface area contributed by atoms with Crippen LogP contribution in [0.15, 0.2) is 76.5 Å². The molecule has 0 saturated carbocycles. The molecule has 2 aromatic heterocycles. The van der Waals surface area contributed by atoms with Gasteiger partial charge in [-0.15, -0.1) is 10.2 Å². The highest BCUT2D eigenvalue weighted by Gasteiger charge is 2.18. The Balaban J connectivity index is 1.57. The molecule has 0 saturated heterocycles. The van der Waals surface area contributed by atoms with Crippen molar-refractivity contribution in [1.29, 1.82) is 0 Å². The molecule has 0 radical (unpaired) electrons. The smallest absolute Gasteiger partial charge is 0.251 e. The summed E-state index contributed by atoms with van der Waals surface area (Å²) in [7, 11) is 1.64. The van der Waals surface area contributed by atoms with Gasteiger partial charge in [0.1, 0.15) is 5.75 Å². The lowest BCUT2D eigenvalue weighted by molar-refractivity contribution is 0.0949. The van der Waals surface area contributed by atoms with E-state index in [9.17, 15) is 4.79 Å². The van der Waals surface area contributed by atoms with Crippen LogP contribution in [0.3, 0.4) is 0 Å². The Morgan fingerprint density at radius 1 is 1.12 bits per heavy atom. The first kappa shape index (κ1) is 22.7. The van der Waals surface area contributed by atoms with Crippen molar-refractivity contribution in [1.82, 2.24) is 20.1 Å². The topological polar surface area (TPSA) is 82.2 Å². The number of carbonyl (C=O) groups is 1. The maximum absolute atomic E-state index is 12.4. The molecule has 1 N–H and O–H groups in total. The van der Waals surface area contributed by atoms with Crippen LogP contribution in [0.4, 0.5) is 0 Å². The van der Waals surface area contributed by atoms with E-state index >= 15 is 0 Å². The normalized spacial score (nSPS) is 11.0. The molecule has 2 heterocycles. The van der Waals surface area contributed by atoms with E-state index in [-0.39, 0.29) is 5.91 Å². The van der Waals surface area contributed by atoms with Crippen molar-refractivity contribution < 1.29 is 13.9 Å². The lowest BCUT2D eigenvalue weighted by Crippen LogP contribution is -2.27. The molecule has 4 aromatic rings. The number of benzene rings is 2. The highest BCUT2D eigenvalue weighted by molar-refractivity contribution is 7.98. The Kier molecular flexibility index (Phi) is 7.14. The predicted molar refractivity (Wildman–Crippen MR) is 129 cm³/mol. The van der Waals surface area contributed by atoms with Gasteiger partial charge in [0.05, 0.1) is 19.1 Å². The second-order valence-electron chi connectivity index (χ2n) is 7.91. The molecule has 2 aromatic carbocycles. The Bertz CT molecular complexity index is 1200. The first-order valence-electron chi connectivity index (χ1n) is 10.7. The molecular weight excluding hydrogens is 436 g/mol. The van der Waals surface area contributed by atoms with E-state index < -0.39 is 0 Å². The molecular formula is C25H26N4O3S. The van der Waals surface area contributed by atoms with Crippen LogP contribution in [0.25, 0.3) is 17.3 Å². The van der Waals surface area contributed by atoms with E-state index in [0.717, 1.165) is 22.2 Å². The minimum absolute atomic E-state index is 0.0583. The minimum Gasteiger partial charge on any atom is -0.497 e. The molecule has 33 heavy (non-hydrogen) atoms. The monoisotopic (exact) mass is 462 g/mol. The highest BCUT2D eigenvalue weighted by atomic mass is 32.2. The van der Waals surface area contributed by atoms with Crippen LogP contribution in [0, 0.1) is 5.92 Å². The van der Waals surface area contributed by atoms with Crippen molar-refractivity contribution in [2.75, 3.05) is 13.7 Å². The van der Waals surface area contributed by atoms with Gasteiger partial charge in [-0.3, -0.25) is 9.36 Å². The third-order valence-electron chi connectivity index (χ3n) is 4.93. The fourth-order valence-corrected chi connectivity index (χ4v) is 4.14.